The van der Waals surface area contributed by atoms with Crippen molar-refractivity contribution in [2.24, 2.45) is 0 Å². The molecule has 3 N–H and O–H groups in total. The predicted molar refractivity (Wildman–Crippen MR) is 76.0 cm³/mol. The van der Waals surface area contributed by atoms with Gasteiger partial charge in [-0.2, -0.15) is 4.98 Å². The third kappa shape index (κ3) is 4.13. The molecule has 0 aliphatic carbocycles. The van der Waals surface area contributed by atoms with Crippen LogP contribution in [-0.4, -0.2) is 16.6 Å². The van der Waals surface area contributed by atoms with Crippen molar-refractivity contribution in [2.75, 3.05) is 17.7 Å². The highest BCUT2D eigenvalue weighted by molar-refractivity contribution is 5.42. The molecule has 0 aliphatic rings. The van der Waals surface area contributed by atoms with Crippen LogP contribution in [0.25, 0.3) is 0 Å². The van der Waals surface area contributed by atoms with Crippen molar-refractivity contribution in [2.45, 2.75) is 19.9 Å². The zero-order chi connectivity index (χ0) is 13.5. The van der Waals surface area contributed by atoms with Crippen LogP contribution in [0.4, 0.5) is 11.5 Å². The quantitative estimate of drug-likeness (QED) is 0.779. The molecule has 100 valence electrons. The van der Waals surface area contributed by atoms with E-state index in [4.69, 9.17) is 10.5 Å². The van der Waals surface area contributed by atoms with Gasteiger partial charge < -0.3 is 15.8 Å². The Bertz CT molecular complexity index is 530. The largest absolute Gasteiger partial charge is 0.477 e. The minimum absolute atomic E-state index is 0.541. The molecule has 0 spiro atoms. The summed E-state index contributed by atoms with van der Waals surface area (Å²) >= 11 is 0. The molecule has 5 nitrogen and oxygen atoms in total. The van der Waals surface area contributed by atoms with E-state index < -0.39 is 0 Å². The highest BCUT2D eigenvalue weighted by atomic mass is 16.5. The maximum absolute atomic E-state index is 5.73. The Balaban J connectivity index is 1.95. The first-order chi connectivity index (χ1) is 9.28. The first kappa shape index (κ1) is 13.1. The fourth-order valence-corrected chi connectivity index (χ4v) is 1.61. The molecule has 0 unspecified atom stereocenters. The minimum Gasteiger partial charge on any atom is -0.477 e. The number of nitrogens with one attached hydrogen (secondary N) is 1. The van der Waals surface area contributed by atoms with Crippen molar-refractivity contribution < 1.29 is 4.74 Å². The Labute approximate surface area is 112 Å². The molecule has 1 heterocycles. The van der Waals surface area contributed by atoms with Gasteiger partial charge in [-0.1, -0.05) is 19.1 Å². The van der Waals surface area contributed by atoms with Gasteiger partial charge in [-0.15, -0.1) is 0 Å². The molecule has 0 saturated carbocycles. The van der Waals surface area contributed by atoms with E-state index in [0.29, 0.717) is 24.8 Å². The van der Waals surface area contributed by atoms with E-state index in [2.05, 4.69) is 22.2 Å². The zero-order valence-electron chi connectivity index (χ0n) is 11.0. The van der Waals surface area contributed by atoms with E-state index in [9.17, 15) is 0 Å². The lowest BCUT2D eigenvalue weighted by Gasteiger charge is -2.08. The number of anilines is 2. The van der Waals surface area contributed by atoms with Crippen molar-refractivity contribution in [1.82, 2.24) is 9.97 Å². The van der Waals surface area contributed by atoms with Crippen LogP contribution in [0.15, 0.2) is 36.7 Å². The number of ether oxygens (including phenoxy) is 1. The summed E-state index contributed by atoms with van der Waals surface area (Å²) in [5.41, 5.74) is 7.58. The number of hydrogen-bond donors (Lipinski definition) is 2. The predicted octanol–water partition coefficient (Wildman–Crippen LogP) is 2.46. The van der Waals surface area contributed by atoms with E-state index in [1.807, 2.05) is 24.3 Å². The van der Waals surface area contributed by atoms with E-state index in [0.717, 1.165) is 17.7 Å². The number of aromatic nitrogens is 2. The number of nitrogens with zero attached hydrogens (tertiary/aromatic N) is 2. The lowest BCUT2D eigenvalue weighted by atomic mass is 10.2. The van der Waals surface area contributed by atoms with Crippen LogP contribution >= 0.6 is 0 Å². The molecule has 2 aromatic rings. The second-order valence-electron chi connectivity index (χ2n) is 4.19. The summed E-state index contributed by atoms with van der Waals surface area (Å²) in [5.74, 6) is 1.23. The number of hydrogen-bond acceptors (Lipinski definition) is 5. The lowest BCUT2D eigenvalue weighted by Crippen LogP contribution is -2.04. The van der Waals surface area contributed by atoms with Gasteiger partial charge in [0.25, 0.3) is 0 Å². The van der Waals surface area contributed by atoms with Gasteiger partial charge in [0.15, 0.2) is 0 Å². The molecular weight excluding hydrogens is 240 g/mol. The molecule has 0 amide bonds. The minimum atomic E-state index is 0.541. The van der Waals surface area contributed by atoms with E-state index >= 15 is 0 Å². The lowest BCUT2D eigenvalue weighted by molar-refractivity contribution is 0.304. The Morgan fingerprint density at radius 3 is 3.00 bits per heavy atom. The molecule has 1 aromatic heterocycles. The molecule has 19 heavy (non-hydrogen) atoms. The normalized spacial score (nSPS) is 10.2. The van der Waals surface area contributed by atoms with Crippen molar-refractivity contribution in [3.63, 3.8) is 0 Å². The second-order valence-corrected chi connectivity index (χ2v) is 4.19. The Morgan fingerprint density at radius 2 is 2.21 bits per heavy atom. The molecular formula is C14H18N4O. The average molecular weight is 258 g/mol. The third-order valence-corrected chi connectivity index (χ3v) is 2.49. The van der Waals surface area contributed by atoms with Crippen LogP contribution in [0.3, 0.4) is 0 Å². The number of nitrogens with two attached hydrogens (primary N) is 1. The highest BCUT2D eigenvalue weighted by Crippen LogP contribution is 2.12. The fraction of sp³-hybridized carbons (Fsp3) is 0.286. The SMILES string of the molecule is CCCOc1cncc(NCc2cccc(N)c2)n1. The molecule has 0 bridgehead atoms. The van der Waals surface area contributed by atoms with Gasteiger partial charge in [-0.05, 0) is 24.1 Å². The van der Waals surface area contributed by atoms with Crippen LogP contribution in [0.1, 0.15) is 18.9 Å². The van der Waals surface area contributed by atoms with Gasteiger partial charge >= 0.3 is 0 Å². The van der Waals surface area contributed by atoms with Crippen LogP contribution in [0.5, 0.6) is 5.88 Å². The molecule has 0 saturated heterocycles. The summed E-state index contributed by atoms with van der Waals surface area (Å²) in [4.78, 5) is 8.41. The summed E-state index contributed by atoms with van der Waals surface area (Å²) in [5, 5.41) is 3.20. The van der Waals surface area contributed by atoms with E-state index in [-0.39, 0.29) is 0 Å². The second kappa shape index (κ2) is 6.58. The van der Waals surface area contributed by atoms with Gasteiger partial charge in [-0.3, -0.25) is 4.98 Å². The van der Waals surface area contributed by atoms with Gasteiger partial charge in [0, 0.05) is 12.2 Å². The van der Waals surface area contributed by atoms with E-state index in [1.54, 1.807) is 12.4 Å². The standard InChI is InChI=1S/C14H18N4O/c1-2-6-19-14-10-16-9-13(18-14)17-8-11-4-3-5-12(15)7-11/h3-5,7,9-10H,2,6,8,15H2,1H3,(H,17,18). The molecule has 2 rings (SSSR count). The van der Waals surface area contributed by atoms with Gasteiger partial charge in [0.1, 0.15) is 5.82 Å². The summed E-state index contributed by atoms with van der Waals surface area (Å²) in [7, 11) is 0. The maximum atomic E-state index is 5.73. The van der Waals surface area contributed by atoms with Crippen LogP contribution in [-0.2, 0) is 6.54 Å². The maximum Gasteiger partial charge on any atom is 0.234 e. The van der Waals surface area contributed by atoms with Gasteiger partial charge in [-0.25, -0.2) is 0 Å². The molecule has 0 aliphatic heterocycles. The van der Waals surface area contributed by atoms with Gasteiger partial charge in [0.2, 0.25) is 5.88 Å². The Morgan fingerprint density at radius 1 is 1.32 bits per heavy atom. The van der Waals surface area contributed by atoms with E-state index in [1.165, 1.54) is 0 Å². The average Bonchev–Trinajstić information content (AvgIpc) is 2.43. The molecule has 0 fully saturated rings. The molecule has 5 heteroatoms. The summed E-state index contributed by atoms with van der Waals surface area (Å²) in [6.45, 7) is 3.35. The fourth-order valence-electron chi connectivity index (χ4n) is 1.61. The molecule has 0 radical (unpaired) electrons. The first-order valence-corrected chi connectivity index (χ1v) is 6.31. The Kier molecular flexibility index (Phi) is 4.55. The smallest absolute Gasteiger partial charge is 0.234 e. The number of rotatable bonds is 6. The van der Waals surface area contributed by atoms with Crippen molar-refractivity contribution in [3.8, 4) is 5.88 Å². The summed E-state index contributed by atoms with van der Waals surface area (Å²) in [6.07, 6.45) is 4.23. The monoisotopic (exact) mass is 258 g/mol. The van der Waals surface area contributed by atoms with Gasteiger partial charge in [0.05, 0.1) is 19.0 Å². The highest BCUT2D eigenvalue weighted by Gasteiger charge is 2.00. The molecule has 1 aromatic carbocycles. The van der Waals surface area contributed by atoms with Crippen LogP contribution in [0.2, 0.25) is 0 Å². The number of nitrogen functional groups attached to an aromatic ring is 1. The zero-order valence-corrected chi connectivity index (χ0v) is 11.0. The third-order valence-electron chi connectivity index (χ3n) is 2.49. The summed E-state index contributed by atoms with van der Waals surface area (Å²) in [6, 6.07) is 7.73. The number of benzene rings is 1. The van der Waals surface area contributed by atoms with Crippen molar-refractivity contribution in [3.05, 3.63) is 42.2 Å². The topological polar surface area (TPSA) is 73.1 Å². The Hall–Kier alpha value is -2.30. The summed E-state index contributed by atoms with van der Waals surface area (Å²) < 4.78 is 5.43. The molecule has 0 atom stereocenters. The van der Waals surface area contributed by atoms with Crippen LogP contribution in [0, 0.1) is 0 Å². The first-order valence-electron chi connectivity index (χ1n) is 6.31. The van der Waals surface area contributed by atoms with Crippen molar-refractivity contribution >= 4 is 11.5 Å². The van der Waals surface area contributed by atoms with Crippen LogP contribution < -0.4 is 15.8 Å². The van der Waals surface area contributed by atoms with Crippen molar-refractivity contribution in [1.29, 1.82) is 0 Å².